The van der Waals surface area contributed by atoms with Gasteiger partial charge < -0.3 is 5.73 Å². The Hall–Kier alpha value is -2.30. The maximum absolute atomic E-state index is 5.98. The third kappa shape index (κ3) is 4.84. The number of aromatic nitrogens is 3. The number of allylic oxidation sites excluding steroid dienone is 6. The average Bonchev–Trinajstić information content (AvgIpc) is 2.53. The van der Waals surface area contributed by atoms with Crippen molar-refractivity contribution in [2.24, 2.45) is 4.99 Å². The molecule has 0 amide bonds. The molecule has 5 heteroatoms. The minimum absolute atomic E-state index is 0.0399. The molecule has 0 spiro atoms. The zero-order chi connectivity index (χ0) is 17.5. The van der Waals surface area contributed by atoms with Crippen molar-refractivity contribution in [3.8, 4) is 0 Å². The van der Waals surface area contributed by atoms with E-state index in [1.165, 1.54) is 32.1 Å². The highest BCUT2D eigenvalue weighted by atomic mass is 15.2. The molecule has 2 aliphatic carbocycles. The second-order valence-electron chi connectivity index (χ2n) is 7.11. The van der Waals surface area contributed by atoms with E-state index in [1.54, 1.807) is 0 Å². The van der Waals surface area contributed by atoms with Gasteiger partial charge in [-0.25, -0.2) is 4.99 Å². The first kappa shape index (κ1) is 17.5. The summed E-state index contributed by atoms with van der Waals surface area (Å²) in [6.45, 7) is 2.25. The Bertz CT molecular complexity index is 707. The van der Waals surface area contributed by atoms with E-state index in [1.807, 2.05) is 24.3 Å². The van der Waals surface area contributed by atoms with Crippen molar-refractivity contribution in [2.45, 2.75) is 63.7 Å². The lowest BCUT2D eigenvalue weighted by atomic mass is 9.77. The van der Waals surface area contributed by atoms with Crippen LogP contribution in [0.25, 0.3) is 0 Å². The first-order valence-corrected chi connectivity index (χ1v) is 9.26. The molecule has 25 heavy (non-hydrogen) atoms. The summed E-state index contributed by atoms with van der Waals surface area (Å²) in [6, 6.07) is 0. The number of nitrogen functional groups attached to an aromatic ring is 1. The standard InChI is InChI=1S/C20H27N5/c1-20(14-10-6-3-7-11-15-20)17-23-18(21)25-19(24-17)22-16-12-8-4-2-5-9-13-16/h2,4,8-9,12-13H,3,5-7,10-11,14-15H2,1H3,(H2,21,23,24,25)/b4-2-,12-8?,13-9-,22-16?. The molecule has 0 aliphatic heterocycles. The second kappa shape index (κ2) is 8.19. The zero-order valence-corrected chi connectivity index (χ0v) is 15.0. The van der Waals surface area contributed by atoms with E-state index in [0.29, 0.717) is 5.95 Å². The third-order valence-corrected chi connectivity index (χ3v) is 4.94. The van der Waals surface area contributed by atoms with Gasteiger partial charge in [-0.3, -0.25) is 0 Å². The summed E-state index contributed by atoms with van der Waals surface area (Å²) in [5, 5.41) is 0. The Morgan fingerprint density at radius 1 is 0.920 bits per heavy atom. The van der Waals surface area contributed by atoms with Gasteiger partial charge in [0.25, 0.3) is 5.95 Å². The zero-order valence-electron chi connectivity index (χ0n) is 15.0. The summed E-state index contributed by atoms with van der Waals surface area (Å²) in [5.41, 5.74) is 6.76. The number of rotatable bonds is 2. The highest BCUT2D eigenvalue weighted by molar-refractivity contribution is 6.05. The van der Waals surface area contributed by atoms with Crippen molar-refractivity contribution in [1.29, 1.82) is 0 Å². The van der Waals surface area contributed by atoms with Crippen LogP contribution in [0, 0.1) is 0 Å². The van der Waals surface area contributed by atoms with E-state index in [9.17, 15) is 0 Å². The van der Waals surface area contributed by atoms with Crippen molar-refractivity contribution in [1.82, 2.24) is 15.0 Å². The normalized spacial score (nSPS) is 24.8. The summed E-state index contributed by atoms with van der Waals surface area (Å²) in [5.74, 6) is 1.45. The Kier molecular flexibility index (Phi) is 5.74. The number of anilines is 1. The quantitative estimate of drug-likeness (QED) is 0.855. The maximum Gasteiger partial charge on any atom is 0.254 e. The molecular formula is C20H27N5. The Morgan fingerprint density at radius 3 is 2.48 bits per heavy atom. The number of nitrogens with zero attached hydrogens (tertiary/aromatic N) is 4. The van der Waals surface area contributed by atoms with Gasteiger partial charge in [0.2, 0.25) is 5.95 Å². The summed E-state index contributed by atoms with van der Waals surface area (Å²) in [7, 11) is 0. The fourth-order valence-electron chi connectivity index (χ4n) is 3.43. The van der Waals surface area contributed by atoms with Gasteiger partial charge in [0.1, 0.15) is 5.82 Å². The molecule has 0 saturated heterocycles. The van der Waals surface area contributed by atoms with E-state index >= 15 is 0 Å². The van der Waals surface area contributed by atoms with Crippen molar-refractivity contribution >= 4 is 17.6 Å². The second-order valence-corrected chi connectivity index (χ2v) is 7.11. The van der Waals surface area contributed by atoms with E-state index in [2.05, 4.69) is 39.0 Å². The van der Waals surface area contributed by atoms with E-state index in [4.69, 9.17) is 5.73 Å². The molecule has 1 fully saturated rings. The van der Waals surface area contributed by atoms with E-state index < -0.39 is 0 Å². The van der Waals surface area contributed by atoms with Crippen LogP contribution in [0.1, 0.15) is 64.1 Å². The third-order valence-electron chi connectivity index (χ3n) is 4.94. The van der Waals surface area contributed by atoms with Gasteiger partial charge in [-0.15, -0.1) is 0 Å². The van der Waals surface area contributed by atoms with Crippen LogP contribution in [0.15, 0.2) is 41.4 Å². The fourth-order valence-corrected chi connectivity index (χ4v) is 3.43. The van der Waals surface area contributed by atoms with Gasteiger partial charge in [0.15, 0.2) is 0 Å². The SMILES string of the molecule is CC1(c2nc(N)nc(N=C3C=C/C=C\C/C=C\3)n2)CCCCCCC1. The van der Waals surface area contributed by atoms with Crippen LogP contribution < -0.4 is 5.73 Å². The van der Waals surface area contributed by atoms with E-state index in [-0.39, 0.29) is 11.4 Å². The lowest BCUT2D eigenvalue weighted by Gasteiger charge is -2.30. The topological polar surface area (TPSA) is 77.0 Å². The number of nitrogens with two attached hydrogens (primary N) is 1. The Labute approximate surface area is 149 Å². The number of aliphatic imine (C=N–C) groups is 1. The first-order chi connectivity index (χ1) is 12.2. The van der Waals surface area contributed by atoms with Crippen LogP contribution >= 0.6 is 0 Å². The van der Waals surface area contributed by atoms with Crippen molar-refractivity contribution in [3.05, 3.63) is 42.3 Å². The summed E-state index contributed by atoms with van der Waals surface area (Å²) >= 11 is 0. The summed E-state index contributed by atoms with van der Waals surface area (Å²) < 4.78 is 0. The highest BCUT2D eigenvalue weighted by Crippen LogP contribution is 2.36. The number of hydrogen-bond acceptors (Lipinski definition) is 5. The molecule has 0 atom stereocenters. The van der Waals surface area contributed by atoms with Crippen molar-refractivity contribution in [3.63, 3.8) is 0 Å². The first-order valence-electron chi connectivity index (χ1n) is 9.26. The molecule has 5 nitrogen and oxygen atoms in total. The molecular weight excluding hydrogens is 310 g/mol. The molecule has 0 unspecified atom stereocenters. The maximum atomic E-state index is 5.98. The van der Waals surface area contributed by atoms with E-state index in [0.717, 1.165) is 30.8 Å². The fraction of sp³-hybridized carbons (Fsp3) is 0.500. The van der Waals surface area contributed by atoms with Gasteiger partial charge >= 0.3 is 0 Å². The molecule has 0 radical (unpaired) electrons. The molecule has 2 aliphatic rings. The largest absolute Gasteiger partial charge is 0.368 e. The highest BCUT2D eigenvalue weighted by Gasteiger charge is 2.30. The van der Waals surface area contributed by atoms with Crippen LogP contribution in [0.2, 0.25) is 0 Å². The smallest absolute Gasteiger partial charge is 0.254 e. The number of hydrogen-bond donors (Lipinski definition) is 1. The lowest BCUT2D eigenvalue weighted by Crippen LogP contribution is -2.26. The van der Waals surface area contributed by atoms with Crippen LogP contribution in [-0.4, -0.2) is 20.7 Å². The molecule has 0 aromatic carbocycles. The van der Waals surface area contributed by atoms with Crippen LogP contribution in [0.3, 0.4) is 0 Å². The van der Waals surface area contributed by atoms with Gasteiger partial charge in [-0.2, -0.15) is 15.0 Å². The molecule has 2 N–H and O–H groups in total. The van der Waals surface area contributed by atoms with Crippen LogP contribution in [0.4, 0.5) is 11.9 Å². The predicted octanol–water partition coefficient (Wildman–Crippen LogP) is 4.60. The van der Waals surface area contributed by atoms with Gasteiger partial charge in [-0.05, 0) is 31.4 Å². The Balaban J connectivity index is 1.92. The molecule has 1 aromatic rings. The molecule has 132 valence electrons. The van der Waals surface area contributed by atoms with Crippen molar-refractivity contribution < 1.29 is 0 Å². The minimum atomic E-state index is -0.0399. The van der Waals surface area contributed by atoms with Crippen LogP contribution in [0.5, 0.6) is 0 Å². The predicted molar refractivity (Wildman–Crippen MR) is 103 cm³/mol. The molecule has 3 rings (SSSR count). The van der Waals surface area contributed by atoms with Crippen molar-refractivity contribution in [2.75, 3.05) is 5.73 Å². The molecule has 1 aromatic heterocycles. The summed E-state index contributed by atoms with van der Waals surface area (Å²) in [4.78, 5) is 17.9. The molecule has 1 saturated carbocycles. The lowest BCUT2D eigenvalue weighted by molar-refractivity contribution is 0.325. The van der Waals surface area contributed by atoms with Gasteiger partial charge in [0, 0.05) is 5.41 Å². The Morgan fingerprint density at radius 2 is 1.68 bits per heavy atom. The molecule has 0 bridgehead atoms. The van der Waals surface area contributed by atoms with Crippen LogP contribution in [-0.2, 0) is 5.41 Å². The van der Waals surface area contributed by atoms with Gasteiger partial charge in [-0.1, -0.05) is 63.3 Å². The van der Waals surface area contributed by atoms with Gasteiger partial charge in [0.05, 0.1) is 5.71 Å². The average molecular weight is 337 g/mol. The minimum Gasteiger partial charge on any atom is -0.368 e. The summed E-state index contributed by atoms with van der Waals surface area (Å²) in [6.07, 6.45) is 21.5. The monoisotopic (exact) mass is 337 g/mol. The molecule has 1 heterocycles.